The van der Waals surface area contributed by atoms with Gasteiger partial charge >= 0.3 is 0 Å². The highest BCUT2D eigenvalue weighted by molar-refractivity contribution is 5.81. The highest BCUT2D eigenvalue weighted by Gasteiger charge is 2.09. The van der Waals surface area contributed by atoms with Crippen molar-refractivity contribution >= 4 is 22.8 Å². The molecule has 0 atom stereocenters. The molecule has 3 aromatic rings. The molecule has 0 saturated carbocycles. The van der Waals surface area contributed by atoms with Crippen molar-refractivity contribution in [1.29, 1.82) is 0 Å². The van der Waals surface area contributed by atoms with E-state index in [9.17, 15) is 9.90 Å². The maximum absolute atomic E-state index is 11.6. The SMILES string of the molecule is Cc1c(O)nc(Nc2nc(C)c3ccccc3n2)[nH]c1=O. The van der Waals surface area contributed by atoms with Crippen LogP contribution in [0, 0.1) is 13.8 Å². The molecule has 7 nitrogen and oxygen atoms in total. The number of hydrogen-bond acceptors (Lipinski definition) is 6. The van der Waals surface area contributed by atoms with Crippen molar-refractivity contribution in [2.24, 2.45) is 0 Å². The Morgan fingerprint density at radius 2 is 1.90 bits per heavy atom. The van der Waals surface area contributed by atoms with Gasteiger partial charge in [-0.15, -0.1) is 0 Å². The first-order valence-corrected chi connectivity index (χ1v) is 6.35. The monoisotopic (exact) mass is 283 g/mol. The average molecular weight is 283 g/mol. The number of aryl methyl sites for hydroxylation is 1. The third kappa shape index (κ3) is 2.40. The second-order valence-electron chi connectivity index (χ2n) is 4.64. The molecule has 0 aliphatic rings. The minimum absolute atomic E-state index is 0.0952. The van der Waals surface area contributed by atoms with E-state index in [1.54, 1.807) is 0 Å². The Hall–Kier alpha value is -2.96. The van der Waals surface area contributed by atoms with E-state index in [-0.39, 0.29) is 17.4 Å². The number of nitrogens with zero attached hydrogens (tertiary/aromatic N) is 3. The van der Waals surface area contributed by atoms with Gasteiger partial charge in [-0.1, -0.05) is 18.2 Å². The van der Waals surface area contributed by atoms with E-state index in [1.807, 2.05) is 31.2 Å². The normalized spacial score (nSPS) is 10.8. The molecule has 0 saturated heterocycles. The summed E-state index contributed by atoms with van der Waals surface area (Å²) in [7, 11) is 0. The number of para-hydroxylation sites is 1. The topological polar surface area (TPSA) is 104 Å². The summed E-state index contributed by atoms with van der Waals surface area (Å²) < 4.78 is 0. The standard InChI is InChI=1S/C14H13N5O2/c1-7-11(20)17-14(18-12(7)21)19-13-15-8(2)9-5-3-4-6-10(9)16-13/h3-6H,1-2H3,(H3,15,16,17,18,19,20,21). The van der Waals surface area contributed by atoms with Gasteiger partial charge in [-0.2, -0.15) is 4.98 Å². The molecule has 0 fully saturated rings. The van der Waals surface area contributed by atoms with Crippen LogP contribution in [0.1, 0.15) is 11.3 Å². The van der Waals surface area contributed by atoms with Crippen LogP contribution in [0.3, 0.4) is 0 Å². The summed E-state index contributed by atoms with van der Waals surface area (Å²) in [5.41, 5.74) is 1.34. The van der Waals surface area contributed by atoms with E-state index in [4.69, 9.17) is 0 Å². The predicted octanol–water partition coefficient (Wildman–Crippen LogP) is 1.78. The molecule has 3 N–H and O–H groups in total. The largest absolute Gasteiger partial charge is 0.493 e. The third-order valence-electron chi connectivity index (χ3n) is 3.15. The number of nitrogens with one attached hydrogen (secondary N) is 2. The zero-order valence-corrected chi connectivity index (χ0v) is 11.5. The maximum atomic E-state index is 11.6. The van der Waals surface area contributed by atoms with Crippen molar-refractivity contribution in [2.75, 3.05) is 5.32 Å². The number of aromatic hydroxyl groups is 1. The van der Waals surface area contributed by atoms with Gasteiger partial charge in [0.25, 0.3) is 5.56 Å². The molecule has 0 amide bonds. The smallest absolute Gasteiger partial charge is 0.259 e. The summed E-state index contributed by atoms with van der Waals surface area (Å²) in [6, 6.07) is 7.61. The van der Waals surface area contributed by atoms with Crippen LogP contribution in [0.4, 0.5) is 11.9 Å². The lowest BCUT2D eigenvalue weighted by atomic mass is 10.2. The number of rotatable bonds is 2. The highest BCUT2D eigenvalue weighted by atomic mass is 16.3. The van der Waals surface area contributed by atoms with Crippen LogP contribution in [0.15, 0.2) is 29.1 Å². The molecule has 0 aliphatic carbocycles. The van der Waals surface area contributed by atoms with Gasteiger partial charge in [0.05, 0.1) is 16.8 Å². The number of benzene rings is 1. The average Bonchev–Trinajstić information content (AvgIpc) is 2.45. The Balaban J connectivity index is 2.04. The Kier molecular flexibility index (Phi) is 3.02. The van der Waals surface area contributed by atoms with Crippen LogP contribution in [-0.2, 0) is 0 Å². The van der Waals surface area contributed by atoms with Gasteiger partial charge in [0.15, 0.2) is 0 Å². The molecule has 0 radical (unpaired) electrons. The predicted molar refractivity (Wildman–Crippen MR) is 78.8 cm³/mol. The minimum Gasteiger partial charge on any atom is -0.493 e. The lowest BCUT2D eigenvalue weighted by molar-refractivity contribution is 0.447. The number of aromatic amines is 1. The van der Waals surface area contributed by atoms with Crippen LogP contribution in [0.2, 0.25) is 0 Å². The summed E-state index contributed by atoms with van der Waals surface area (Å²) in [6.45, 7) is 3.36. The molecule has 21 heavy (non-hydrogen) atoms. The van der Waals surface area contributed by atoms with Crippen LogP contribution < -0.4 is 10.9 Å². The van der Waals surface area contributed by atoms with Gasteiger partial charge < -0.3 is 5.11 Å². The summed E-state index contributed by atoms with van der Waals surface area (Å²) in [5, 5.41) is 13.3. The Labute approximate surface area is 119 Å². The molecule has 7 heteroatoms. The molecule has 2 aromatic heterocycles. The van der Waals surface area contributed by atoms with Crippen molar-refractivity contribution < 1.29 is 5.11 Å². The first-order chi connectivity index (χ1) is 10.0. The number of H-pyrrole nitrogens is 1. The fourth-order valence-corrected chi connectivity index (χ4v) is 1.98. The summed E-state index contributed by atoms with van der Waals surface area (Å²) in [4.78, 5) is 26.6. The van der Waals surface area contributed by atoms with Crippen LogP contribution >= 0.6 is 0 Å². The molecule has 0 unspecified atom stereocenters. The lowest BCUT2D eigenvalue weighted by Gasteiger charge is -2.07. The van der Waals surface area contributed by atoms with Gasteiger partial charge in [0, 0.05) is 5.39 Å². The summed E-state index contributed by atoms with van der Waals surface area (Å²) >= 11 is 0. The lowest BCUT2D eigenvalue weighted by Crippen LogP contribution is -2.14. The van der Waals surface area contributed by atoms with Crippen molar-refractivity contribution in [3.8, 4) is 5.88 Å². The number of anilines is 2. The Morgan fingerprint density at radius 3 is 2.67 bits per heavy atom. The molecular weight excluding hydrogens is 270 g/mol. The second kappa shape index (κ2) is 4.86. The molecule has 2 heterocycles. The fraction of sp³-hybridized carbons (Fsp3) is 0.143. The van der Waals surface area contributed by atoms with Crippen LogP contribution in [-0.4, -0.2) is 25.0 Å². The van der Waals surface area contributed by atoms with Gasteiger partial charge in [-0.25, -0.2) is 9.97 Å². The van der Waals surface area contributed by atoms with E-state index < -0.39 is 5.56 Å². The van der Waals surface area contributed by atoms with Crippen molar-refractivity contribution in [1.82, 2.24) is 19.9 Å². The molecule has 0 aliphatic heterocycles. The van der Waals surface area contributed by atoms with Crippen LogP contribution in [0.25, 0.3) is 10.9 Å². The van der Waals surface area contributed by atoms with E-state index in [2.05, 4.69) is 25.3 Å². The van der Waals surface area contributed by atoms with Gasteiger partial charge in [-0.3, -0.25) is 15.1 Å². The highest BCUT2D eigenvalue weighted by Crippen LogP contribution is 2.18. The first-order valence-electron chi connectivity index (χ1n) is 6.35. The number of fused-ring (bicyclic) bond motifs is 1. The zero-order valence-electron chi connectivity index (χ0n) is 11.5. The van der Waals surface area contributed by atoms with Crippen molar-refractivity contribution in [3.05, 3.63) is 45.9 Å². The van der Waals surface area contributed by atoms with Crippen LogP contribution in [0.5, 0.6) is 5.88 Å². The van der Waals surface area contributed by atoms with Gasteiger partial charge in [0.2, 0.25) is 17.8 Å². The maximum Gasteiger partial charge on any atom is 0.259 e. The Morgan fingerprint density at radius 1 is 1.14 bits per heavy atom. The molecular formula is C14H13N5O2. The fourth-order valence-electron chi connectivity index (χ4n) is 1.98. The minimum atomic E-state index is -0.414. The zero-order chi connectivity index (χ0) is 15.0. The van der Waals surface area contributed by atoms with E-state index in [0.717, 1.165) is 16.6 Å². The molecule has 1 aromatic carbocycles. The number of aromatic nitrogens is 4. The van der Waals surface area contributed by atoms with Crippen molar-refractivity contribution in [2.45, 2.75) is 13.8 Å². The van der Waals surface area contributed by atoms with E-state index >= 15 is 0 Å². The number of hydrogen-bond donors (Lipinski definition) is 3. The van der Waals surface area contributed by atoms with E-state index in [0.29, 0.717) is 5.95 Å². The summed E-state index contributed by atoms with van der Waals surface area (Å²) in [5.74, 6) is 0.0779. The molecule has 0 spiro atoms. The van der Waals surface area contributed by atoms with Gasteiger partial charge in [0.1, 0.15) is 0 Å². The molecule has 3 rings (SSSR count). The first kappa shape index (κ1) is 13.0. The molecule has 0 bridgehead atoms. The summed E-state index contributed by atoms with van der Waals surface area (Å²) in [6.07, 6.45) is 0. The molecule has 106 valence electrons. The Bertz CT molecular complexity index is 888. The quantitative estimate of drug-likeness (QED) is 0.662. The second-order valence-corrected chi connectivity index (χ2v) is 4.64. The van der Waals surface area contributed by atoms with E-state index in [1.165, 1.54) is 6.92 Å². The van der Waals surface area contributed by atoms with Gasteiger partial charge in [-0.05, 0) is 19.9 Å². The van der Waals surface area contributed by atoms with Crippen molar-refractivity contribution in [3.63, 3.8) is 0 Å². The third-order valence-corrected chi connectivity index (χ3v) is 3.15.